The van der Waals surface area contributed by atoms with Crippen LogP contribution in [0.15, 0.2) is 91.3 Å². The van der Waals surface area contributed by atoms with Gasteiger partial charge in [-0.05, 0) is 78.6 Å². The van der Waals surface area contributed by atoms with Crippen LogP contribution in [0.25, 0.3) is 0 Å². The van der Waals surface area contributed by atoms with Gasteiger partial charge in [0.15, 0.2) is 11.6 Å². The number of ketones is 2. The van der Waals surface area contributed by atoms with E-state index in [4.69, 9.17) is 0 Å². The van der Waals surface area contributed by atoms with Crippen molar-refractivity contribution >= 4 is 28.6 Å². The number of benzene rings is 3. The van der Waals surface area contributed by atoms with Gasteiger partial charge in [-0.3, -0.25) is 9.59 Å². The molecule has 1 fully saturated rings. The minimum Gasteiger partial charge on any atom is -0.393 e. The highest BCUT2D eigenvalue weighted by atomic mass is 16.3. The highest BCUT2D eigenvalue weighted by molar-refractivity contribution is 5.98. The minimum atomic E-state index is -0.198. The van der Waals surface area contributed by atoms with Crippen molar-refractivity contribution in [3.8, 4) is 0 Å². The van der Waals surface area contributed by atoms with Crippen molar-refractivity contribution in [1.29, 1.82) is 0 Å². The second-order valence-electron chi connectivity index (χ2n) is 10.0. The van der Waals surface area contributed by atoms with E-state index in [1.807, 2.05) is 103 Å². The first-order valence-corrected chi connectivity index (χ1v) is 13.1. The third kappa shape index (κ3) is 6.39. The summed E-state index contributed by atoms with van der Waals surface area (Å²) in [5.41, 5.74) is 6.34. The van der Waals surface area contributed by atoms with Gasteiger partial charge in [0.05, 0.1) is 6.10 Å². The number of aliphatic hydroxyl groups excluding tert-OH is 1. The van der Waals surface area contributed by atoms with Gasteiger partial charge < -0.3 is 19.9 Å². The van der Waals surface area contributed by atoms with Gasteiger partial charge in [-0.25, -0.2) is 0 Å². The van der Waals surface area contributed by atoms with Gasteiger partial charge >= 0.3 is 0 Å². The van der Waals surface area contributed by atoms with Gasteiger partial charge in [-0.15, -0.1) is 0 Å². The van der Waals surface area contributed by atoms with Crippen molar-refractivity contribution in [3.05, 3.63) is 114 Å². The Bertz CT molecular complexity index is 1380. The number of rotatable bonds is 9. The van der Waals surface area contributed by atoms with Crippen molar-refractivity contribution in [2.75, 3.05) is 23.3 Å². The summed E-state index contributed by atoms with van der Waals surface area (Å²) in [6, 6.07) is 25.4. The van der Waals surface area contributed by atoms with E-state index in [0.717, 1.165) is 59.7 Å². The standard InChI is InChI=1S/C32H33N3O3/c1-34-17-14-26(22-34)32(38)21-24-4-10-28(11-5-24)33-27-8-2-23(3-9-27)20-31(37)25-6-12-29(13-7-25)35-18-15-30(36)16-19-35/h2-14,17,22,30,33,36H,15-16,18-21H2,1H3. The van der Waals surface area contributed by atoms with Gasteiger partial charge in [0, 0.05) is 73.6 Å². The summed E-state index contributed by atoms with van der Waals surface area (Å²) in [5, 5.41) is 13.1. The Morgan fingerprint density at radius 3 is 1.79 bits per heavy atom. The smallest absolute Gasteiger partial charge is 0.168 e. The zero-order valence-electron chi connectivity index (χ0n) is 21.6. The first kappa shape index (κ1) is 25.5. The lowest BCUT2D eigenvalue weighted by molar-refractivity contribution is 0.0985. The molecule has 0 spiro atoms. The van der Waals surface area contributed by atoms with Gasteiger partial charge in [-0.1, -0.05) is 24.3 Å². The molecule has 3 aromatic carbocycles. The molecule has 1 saturated heterocycles. The highest BCUT2D eigenvalue weighted by Crippen LogP contribution is 2.22. The second-order valence-corrected chi connectivity index (χ2v) is 10.0. The number of aromatic nitrogens is 1. The van der Waals surface area contributed by atoms with Crippen molar-refractivity contribution in [3.63, 3.8) is 0 Å². The number of aliphatic hydroxyl groups is 1. The predicted octanol–water partition coefficient (Wildman–Crippen LogP) is 5.58. The monoisotopic (exact) mass is 507 g/mol. The zero-order valence-corrected chi connectivity index (χ0v) is 21.6. The molecule has 0 atom stereocenters. The van der Waals surface area contributed by atoms with Crippen LogP contribution in [0.4, 0.5) is 17.1 Å². The first-order valence-electron chi connectivity index (χ1n) is 13.1. The Hall–Kier alpha value is -4.16. The summed E-state index contributed by atoms with van der Waals surface area (Å²) < 4.78 is 1.88. The Morgan fingerprint density at radius 1 is 0.763 bits per heavy atom. The molecule has 0 saturated carbocycles. The fourth-order valence-corrected chi connectivity index (χ4v) is 4.80. The second kappa shape index (κ2) is 11.5. The quantitative estimate of drug-likeness (QED) is 0.289. The summed E-state index contributed by atoms with van der Waals surface area (Å²) in [7, 11) is 1.91. The molecule has 1 aliphatic heterocycles. The molecule has 0 radical (unpaired) electrons. The van der Waals surface area contributed by atoms with Crippen molar-refractivity contribution in [1.82, 2.24) is 4.57 Å². The molecule has 0 bridgehead atoms. The maximum Gasteiger partial charge on any atom is 0.168 e. The normalized spacial score (nSPS) is 13.9. The average Bonchev–Trinajstić information content (AvgIpc) is 3.38. The van der Waals surface area contributed by atoms with Crippen molar-refractivity contribution < 1.29 is 14.7 Å². The number of nitrogens with zero attached hydrogens (tertiary/aromatic N) is 2. The number of aryl methyl sites for hydroxylation is 1. The molecule has 1 aromatic heterocycles. The van der Waals surface area contributed by atoms with Crippen LogP contribution in [-0.2, 0) is 19.9 Å². The summed E-state index contributed by atoms with van der Waals surface area (Å²) >= 11 is 0. The van der Waals surface area contributed by atoms with Crippen molar-refractivity contribution in [2.45, 2.75) is 31.8 Å². The van der Waals surface area contributed by atoms with Crippen LogP contribution in [0.5, 0.6) is 0 Å². The highest BCUT2D eigenvalue weighted by Gasteiger charge is 2.17. The van der Waals surface area contributed by atoms with Gasteiger partial charge in [0.2, 0.25) is 0 Å². The maximum absolute atomic E-state index is 12.8. The first-order chi connectivity index (χ1) is 18.4. The topological polar surface area (TPSA) is 74.6 Å². The molecule has 1 aliphatic rings. The van der Waals surface area contributed by atoms with Crippen molar-refractivity contribution in [2.24, 2.45) is 7.05 Å². The number of nitrogens with one attached hydrogen (secondary N) is 1. The number of hydrogen-bond donors (Lipinski definition) is 2. The molecule has 0 unspecified atom stereocenters. The van der Waals surface area contributed by atoms with Gasteiger partial charge in [0.1, 0.15) is 0 Å². The SMILES string of the molecule is Cn1ccc(C(=O)Cc2ccc(Nc3ccc(CC(=O)c4ccc(N5CCC(O)CC5)cc4)cc3)cc2)c1. The Morgan fingerprint density at radius 2 is 1.29 bits per heavy atom. The molecule has 38 heavy (non-hydrogen) atoms. The molecule has 0 aliphatic carbocycles. The fraction of sp³-hybridized carbons (Fsp3) is 0.250. The van der Waals surface area contributed by atoms with Crippen LogP contribution in [0.2, 0.25) is 0 Å². The average molecular weight is 508 g/mol. The van der Waals surface area contributed by atoms with E-state index in [0.29, 0.717) is 18.4 Å². The fourth-order valence-electron chi connectivity index (χ4n) is 4.80. The lowest BCUT2D eigenvalue weighted by Crippen LogP contribution is -2.35. The zero-order chi connectivity index (χ0) is 26.5. The molecule has 5 rings (SSSR count). The van der Waals surface area contributed by atoms with E-state index in [2.05, 4.69) is 10.2 Å². The van der Waals surface area contributed by atoms with E-state index >= 15 is 0 Å². The van der Waals surface area contributed by atoms with Crippen LogP contribution in [0, 0.1) is 0 Å². The molecule has 2 heterocycles. The van der Waals surface area contributed by atoms with Crippen LogP contribution in [-0.4, -0.2) is 40.4 Å². The third-order valence-corrected chi connectivity index (χ3v) is 7.10. The molecule has 6 nitrogen and oxygen atoms in total. The molecule has 4 aromatic rings. The molecule has 194 valence electrons. The predicted molar refractivity (Wildman–Crippen MR) is 152 cm³/mol. The van der Waals surface area contributed by atoms with Crippen LogP contribution >= 0.6 is 0 Å². The van der Waals surface area contributed by atoms with Gasteiger partial charge in [0.25, 0.3) is 0 Å². The number of hydrogen-bond acceptors (Lipinski definition) is 5. The number of anilines is 3. The maximum atomic E-state index is 12.8. The Kier molecular flexibility index (Phi) is 7.70. The summed E-state index contributed by atoms with van der Waals surface area (Å²) in [4.78, 5) is 27.5. The molecule has 6 heteroatoms. The van der Waals surface area contributed by atoms with E-state index < -0.39 is 0 Å². The van der Waals surface area contributed by atoms with Crippen LogP contribution < -0.4 is 10.2 Å². The molecular weight excluding hydrogens is 474 g/mol. The third-order valence-electron chi connectivity index (χ3n) is 7.10. The van der Waals surface area contributed by atoms with Gasteiger partial charge in [-0.2, -0.15) is 0 Å². The summed E-state index contributed by atoms with van der Waals surface area (Å²) in [6.45, 7) is 1.68. The molecule has 2 N–H and O–H groups in total. The van der Waals surface area contributed by atoms with E-state index in [1.54, 1.807) is 0 Å². The lowest BCUT2D eigenvalue weighted by atomic mass is 10.0. The lowest BCUT2D eigenvalue weighted by Gasteiger charge is -2.31. The summed E-state index contributed by atoms with van der Waals surface area (Å²) in [5.74, 6) is 0.196. The number of piperidine rings is 1. The molecular formula is C32H33N3O3. The minimum absolute atomic E-state index is 0.0898. The Balaban J connectivity index is 1.13. The van der Waals surface area contributed by atoms with Crippen LogP contribution in [0.1, 0.15) is 44.7 Å². The number of carbonyl (C=O) groups excluding carboxylic acids is 2. The number of carbonyl (C=O) groups is 2. The van der Waals surface area contributed by atoms with Crippen LogP contribution in [0.3, 0.4) is 0 Å². The van der Waals surface area contributed by atoms with E-state index in [9.17, 15) is 14.7 Å². The Labute approximate surface area is 223 Å². The largest absolute Gasteiger partial charge is 0.393 e. The molecule has 0 amide bonds. The summed E-state index contributed by atoms with van der Waals surface area (Å²) in [6.07, 6.45) is 5.81. The van der Waals surface area contributed by atoms with E-state index in [-0.39, 0.29) is 17.7 Å². The van der Waals surface area contributed by atoms with E-state index in [1.165, 1.54) is 0 Å². The number of Topliss-reactive ketones (excluding diaryl/α,β-unsaturated/α-hetero) is 2.